The van der Waals surface area contributed by atoms with Crippen LogP contribution in [-0.4, -0.2) is 33.3 Å². The highest BCUT2D eigenvalue weighted by molar-refractivity contribution is 5.47. The van der Waals surface area contributed by atoms with Gasteiger partial charge >= 0.3 is 0 Å². The Balaban J connectivity index is 2.07. The maximum absolute atomic E-state index is 5.35. The van der Waals surface area contributed by atoms with E-state index in [1.165, 1.54) is 0 Å². The topological polar surface area (TPSA) is 98.0 Å². The minimum Gasteiger partial charge on any atom is -0.374 e. The van der Waals surface area contributed by atoms with E-state index in [0.717, 1.165) is 12.4 Å². The summed E-state index contributed by atoms with van der Waals surface area (Å²) in [7, 11) is 0. The monoisotopic (exact) mass is 292 g/mol. The molecule has 2 heterocycles. The Morgan fingerprint density at radius 3 is 2.48 bits per heavy atom. The molecular weight excluding hydrogens is 272 g/mol. The molecule has 0 saturated carbocycles. The van der Waals surface area contributed by atoms with Crippen molar-refractivity contribution in [3.05, 3.63) is 23.6 Å². The Morgan fingerprint density at radius 1 is 1.10 bits per heavy atom. The molecular formula is C13H20N6O2. The third-order valence-electron chi connectivity index (χ3n) is 2.56. The number of aromatic nitrogens is 4. The second-order valence-corrected chi connectivity index (χ2v) is 4.31. The minimum absolute atomic E-state index is 0.381. The molecule has 0 unspecified atom stereocenters. The molecule has 8 heteroatoms. The number of nitrogens with zero attached hydrogens (tertiary/aromatic N) is 4. The molecule has 8 nitrogen and oxygen atoms in total. The van der Waals surface area contributed by atoms with Crippen molar-refractivity contribution < 1.29 is 9.26 Å². The van der Waals surface area contributed by atoms with E-state index in [4.69, 9.17) is 9.26 Å². The molecule has 21 heavy (non-hydrogen) atoms. The fourth-order valence-corrected chi connectivity index (χ4v) is 1.70. The van der Waals surface area contributed by atoms with E-state index >= 15 is 0 Å². The van der Waals surface area contributed by atoms with Crippen molar-refractivity contribution in [3.63, 3.8) is 0 Å². The minimum atomic E-state index is 0.381. The summed E-state index contributed by atoms with van der Waals surface area (Å²) in [5.41, 5.74) is 0. The standard InChI is InChI=1S/C13H20N6O2/c1-4-14-10-6-11(18-13(17-10)8-20-5-2)15-7-12-16-9(3)21-19-12/h6H,4-5,7-8H2,1-3H3,(H2,14,15,17,18). The Bertz CT molecular complexity index is 572. The van der Waals surface area contributed by atoms with Crippen molar-refractivity contribution in [2.45, 2.75) is 33.9 Å². The van der Waals surface area contributed by atoms with Gasteiger partial charge in [0, 0.05) is 26.1 Å². The van der Waals surface area contributed by atoms with Gasteiger partial charge in [0.15, 0.2) is 11.6 Å². The molecule has 2 rings (SSSR count). The molecule has 2 aromatic heterocycles. The van der Waals surface area contributed by atoms with Crippen molar-refractivity contribution >= 4 is 11.6 Å². The lowest BCUT2D eigenvalue weighted by molar-refractivity contribution is 0.128. The van der Waals surface area contributed by atoms with Crippen molar-refractivity contribution in [1.29, 1.82) is 0 Å². The maximum atomic E-state index is 5.35. The normalized spacial score (nSPS) is 10.6. The average Bonchev–Trinajstić information content (AvgIpc) is 2.89. The number of nitrogens with one attached hydrogen (secondary N) is 2. The van der Waals surface area contributed by atoms with Crippen LogP contribution in [0.15, 0.2) is 10.6 Å². The Hall–Kier alpha value is -2.22. The largest absolute Gasteiger partial charge is 0.374 e. The van der Waals surface area contributed by atoms with Gasteiger partial charge in [-0.15, -0.1) is 0 Å². The molecule has 114 valence electrons. The summed E-state index contributed by atoms with van der Waals surface area (Å²) in [6.45, 7) is 7.93. The van der Waals surface area contributed by atoms with Crippen LogP contribution in [0.1, 0.15) is 31.4 Å². The van der Waals surface area contributed by atoms with Gasteiger partial charge < -0.3 is 19.9 Å². The third-order valence-corrected chi connectivity index (χ3v) is 2.56. The van der Waals surface area contributed by atoms with E-state index < -0.39 is 0 Å². The van der Waals surface area contributed by atoms with Crippen LogP contribution in [0.2, 0.25) is 0 Å². The Labute approximate surface area is 123 Å². The lowest BCUT2D eigenvalue weighted by Crippen LogP contribution is -2.09. The summed E-state index contributed by atoms with van der Waals surface area (Å²) in [5.74, 6) is 3.21. The van der Waals surface area contributed by atoms with Gasteiger partial charge in [-0.25, -0.2) is 9.97 Å². The van der Waals surface area contributed by atoms with Crippen LogP contribution in [0.3, 0.4) is 0 Å². The molecule has 0 aliphatic heterocycles. The maximum Gasteiger partial charge on any atom is 0.223 e. The average molecular weight is 292 g/mol. The number of hydrogen-bond acceptors (Lipinski definition) is 8. The van der Waals surface area contributed by atoms with Crippen molar-refractivity contribution in [2.75, 3.05) is 23.8 Å². The molecule has 2 N–H and O–H groups in total. The second-order valence-electron chi connectivity index (χ2n) is 4.31. The first-order valence-corrected chi connectivity index (χ1v) is 6.94. The first-order chi connectivity index (χ1) is 10.2. The molecule has 0 radical (unpaired) electrons. The fourth-order valence-electron chi connectivity index (χ4n) is 1.70. The zero-order valence-corrected chi connectivity index (χ0v) is 12.5. The molecule has 0 aliphatic carbocycles. The van der Waals surface area contributed by atoms with Crippen LogP contribution in [-0.2, 0) is 17.9 Å². The van der Waals surface area contributed by atoms with E-state index in [1.807, 2.05) is 19.9 Å². The number of aryl methyl sites for hydroxylation is 1. The Morgan fingerprint density at radius 2 is 1.86 bits per heavy atom. The zero-order valence-electron chi connectivity index (χ0n) is 12.5. The van der Waals surface area contributed by atoms with Crippen molar-refractivity contribution in [1.82, 2.24) is 20.1 Å². The van der Waals surface area contributed by atoms with Gasteiger partial charge in [-0.2, -0.15) is 4.98 Å². The SMILES string of the molecule is CCNc1cc(NCc2noc(C)n2)nc(COCC)n1. The van der Waals surface area contributed by atoms with Gasteiger partial charge in [0.05, 0.1) is 6.54 Å². The summed E-state index contributed by atoms with van der Waals surface area (Å²) in [6, 6.07) is 1.84. The number of anilines is 2. The lowest BCUT2D eigenvalue weighted by Gasteiger charge is -2.09. The van der Waals surface area contributed by atoms with Gasteiger partial charge in [-0.05, 0) is 13.8 Å². The van der Waals surface area contributed by atoms with E-state index in [1.54, 1.807) is 6.92 Å². The van der Waals surface area contributed by atoms with Gasteiger partial charge in [0.1, 0.15) is 18.2 Å². The van der Waals surface area contributed by atoms with Crippen LogP contribution in [0.4, 0.5) is 11.6 Å². The van der Waals surface area contributed by atoms with E-state index in [2.05, 4.69) is 30.7 Å². The lowest BCUT2D eigenvalue weighted by atomic mass is 10.4. The number of hydrogen-bond donors (Lipinski definition) is 2. The van der Waals surface area contributed by atoms with Gasteiger partial charge in [-0.1, -0.05) is 5.16 Å². The van der Waals surface area contributed by atoms with Crippen molar-refractivity contribution in [2.24, 2.45) is 0 Å². The third kappa shape index (κ3) is 4.67. The summed E-state index contributed by atoms with van der Waals surface area (Å²) in [5, 5.41) is 10.2. The molecule has 0 spiro atoms. The highest BCUT2D eigenvalue weighted by atomic mass is 16.5. The van der Waals surface area contributed by atoms with Crippen molar-refractivity contribution in [3.8, 4) is 0 Å². The van der Waals surface area contributed by atoms with Crippen LogP contribution in [0.25, 0.3) is 0 Å². The van der Waals surface area contributed by atoms with Crippen LogP contribution >= 0.6 is 0 Å². The quantitative estimate of drug-likeness (QED) is 0.759. The van der Waals surface area contributed by atoms with Crippen LogP contribution in [0, 0.1) is 6.92 Å². The number of rotatable bonds is 8. The zero-order chi connectivity index (χ0) is 15.1. The first-order valence-electron chi connectivity index (χ1n) is 6.94. The van der Waals surface area contributed by atoms with Crippen LogP contribution < -0.4 is 10.6 Å². The van der Waals surface area contributed by atoms with Gasteiger partial charge in [-0.3, -0.25) is 0 Å². The summed E-state index contributed by atoms with van der Waals surface area (Å²) in [4.78, 5) is 12.9. The molecule has 0 aliphatic rings. The molecule has 0 amide bonds. The summed E-state index contributed by atoms with van der Waals surface area (Å²) >= 11 is 0. The van der Waals surface area contributed by atoms with E-state index in [9.17, 15) is 0 Å². The highest BCUT2D eigenvalue weighted by Gasteiger charge is 2.06. The van der Waals surface area contributed by atoms with Crippen LogP contribution in [0.5, 0.6) is 0 Å². The highest BCUT2D eigenvalue weighted by Crippen LogP contribution is 2.13. The summed E-state index contributed by atoms with van der Waals surface area (Å²) in [6.07, 6.45) is 0. The fraction of sp³-hybridized carbons (Fsp3) is 0.538. The molecule has 0 saturated heterocycles. The second kappa shape index (κ2) is 7.53. The molecule has 0 bridgehead atoms. The predicted octanol–water partition coefficient (Wildman–Crippen LogP) is 1.75. The van der Waals surface area contributed by atoms with Gasteiger partial charge in [0.25, 0.3) is 0 Å². The molecule has 0 atom stereocenters. The number of ether oxygens (including phenoxy) is 1. The summed E-state index contributed by atoms with van der Waals surface area (Å²) < 4.78 is 10.3. The smallest absolute Gasteiger partial charge is 0.223 e. The van der Waals surface area contributed by atoms with E-state index in [0.29, 0.717) is 43.1 Å². The first kappa shape index (κ1) is 15.2. The Kier molecular flexibility index (Phi) is 5.44. The molecule has 0 aromatic carbocycles. The molecule has 2 aromatic rings. The molecule has 0 fully saturated rings. The predicted molar refractivity (Wildman–Crippen MR) is 77.9 cm³/mol. The van der Waals surface area contributed by atoms with E-state index in [-0.39, 0.29) is 0 Å². The van der Waals surface area contributed by atoms with Gasteiger partial charge in [0.2, 0.25) is 5.89 Å².